The molecule has 2 N–H and O–H groups in total. The Labute approximate surface area is 180 Å². The van der Waals surface area contributed by atoms with Gasteiger partial charge in [0.05, 0.1) is 22.5 Å². The summed E-state index contributed by atoms with van der Waals surface area (Å²) in [5.41, 5.74) is 6.37. The third kappa shape index (κ3) is 3.78. The number of benzene rings is 2. The number of nitrogens with one attached hydrogen (secondary N) is 2. The minimum Gasteiger partial charge on any atom is -0.361 e. The molecular weight excluding hydrogens is 384 g/mol. The molecule has 2 aromatic carbocycles. The monoisotopic (exact) mass is 406 g/mol. The summed E-state index contributed by atoms with van der Waals surface area (Å²) >= 11 is 0. The van der Waals surface area contributed by atoms with Crippen LogP contribution in [0.15, 0.2) is 79.1 Å². The topological polar surface area (TPSA) is 70.7 Å². The Balaban J connectivity index is 1.40. The van der Waals surface area contributed by atoms with Gasteiger partial charge in [-0.2, -0.15) is 0 Å². The van der Waals surface area contributed by atoms with Crippen LogP contribution >= 0.6 is 0 Å². The number of rotatable bonds is 5. The van der Waals surface area contributed by atoms with Gasteiger partial charge in [-0.1, -0.05) is 35.9 Å². The third-order valence-electron chi connectivity index (χ3n) is 5.49. The van der Waals surface area contributed by atoms with Crippen LogP contribution in [0.1, 0.15) is 21.5 Å². The first kappa shape index (κ1) is 19.0. The number of amides is 1. The number of pyridine rings is 2. The first-order chi connectivity index (χ1) is 15.2. The van der Waals surface area contributed by atoms with E-state index in [-0.39, 0.29) is 5.91 Å². The Morgan fingerprint density at radius 2 is 1.84 bits per heavy atom. The van der Waals surface area contributed by atoms with Crippen molar-refractivity contribution in [1.82, 2.24) is 20.3 Å². The minimum atomic E-state index is -0.105. The van der Waals surface area contributed by atoms with Crippen LogP contribution < -0.4 is 5.32 Å². The molecule has 0 unspecified atom stereocenters. The number of aromatic amines is 1. The molecule has 0 saturated heterocycles. The molecule has 5 aromatic rings. The molecule has 0 fully saturated rings. The molecule has 31 heavy (non-hydrogen) atoms. The first-order valence-corrected chi connectivity index (χ1v) is 10.3. The highest BCUT2D eigenvalue weighted by molar-refractivity contribution is 6.07. The average molecular weight is 406 g/mol. The number of hydrogen-bond donors (Lipinski definition) is 2. The molecule has 0 spiro atoms. The van der Waals surface area contributed by atoms with Gasteiger partial charge in [-0.05, 0) is 55.3 Å². The van der Waals surface area contributed by atoms with E-state index in [9.17, 15) is 4.79 Å². The van der Waals surface area contributed by atoms with E-state index >= 15 is 0 Å². The SMILES string of the molecule is Cc1ccc2[nH]cc(CCNC(=O)c3cc(-c4ccccn4)nc4ccccc34)c2c1. The number of hydrogen-bond acceptors (Lipinski definition) is 3. The summed E-state index contributed by atoms with van der Waals surface area (Å²) in [6.07, 6.45) is 4.51. The molecule has 5 heteroatoms. The highest BCUT2D eigenvalue weighted by Crippen LogP contribution is 2.24. The Hall–Kier alpha value is -3.99. The molecule has 0 aliphatic rings. The maximum Gasteiger partial charge on any atom is 0.252 e. The summed E-state index contributed by atoms with van der Waals surface area (Å²) in [6, 6.07) is 21.6. The Morgan fingerprint density at radius 3 is 2.71 bits per heavy atom. The predicted octanol–water partition coefficient (Wildman–Crippen LogP) is 5.06. The summed E-state index contributed by atoms with van der Waals surface area (Å²) in [6.45, 7) is 2.64. The maximum absolute atomic E-state index is 13.1. The molecule has 0 atom stereocenters. The van der Waals surface area contributed by atoms with Crippen molar-refractivity contribution in [2.45, 2.75) is 13.3 Å². The van der Waals surface area contributed by atoms with Crippen molar-refractivity contribution in [3.05, 3.63) is 95.8 Å². The van der Waals surface area contributed by atoms with Gasteiger partial charge in [-0.3, -0.25) is 9.78 Å². The van der Waals surface area contributed by atoms with E-state index in [0.717, 1.165) is 28.5 Å². The van der Waals surface area contributed by atoms with Crippen molar-refractivity contribution < 1.29 is 4.79 Å². The number of carbonyl (C=O) groups excluding carboxylic acids is 1. The van der Waals surface area contributed by atoms with Crippen LogP contribution in [-0.4, -0.2) is 27.4 Å². The normalized spacial score (nSPS) is 11.1. The fourth-order valence-corrected chi connectivity index (χ4v) is 3.91. The Kier molecular flexibility index (Phi) is 4.92. The maximum atomic E-state index is 13.1. The zero-order chi connectivity index (χ0) is 21.2. The fraction of sp³-hybridized carbons (Fsp3) is 0.115. The molecule has 152 valence electrons. The van der Waals surface area contributed by atoms with Crippen LogP contribution in [0.4, 0.5) is 0 Å². The van der Waals surface area contributed by atoms with Gasteiger partial charge < -0.3 is 10.3 Å². The lowest BCUT2D eigenvalue weighted by Crippen LogP contribution is -2.26. The van der Waals surface area contributed by atoms with E-state index in [4.69, 9.17) is 4.98 Å². The number of aromatic nitrogens is 3. The summed E-state index contributed by atoms with van der Waals surface area (Å²) in [4.78, 5) is 25.5. The van der Waals surface area contributed by atoms with Crippen LogP contribution in [0.3, 0.4) is 0 Å². The van der Waals surface area contributed by atoms with Crippen molar-refractivity contribution in [2.75, 3.05) is 6.54 Å². The summed E-state index contributed by atoms with van der Waals surface area (Å²) in [5, 5.41) is 5.13. The molecule has 0 aliphatic carbocycles. The van der Waals surface area contributed by atoms with E-state index < -0.39 is 0 Å². The van der Waals surface area contributed by atoms with Crippen LogP contribution in [0, 0.1) is 6.92 Å². The fourth-order valence-electron chi connectivity index (χ4n) is 3.91. The lowest BCUT2D eigenvalue weighted by molar-refractivity contribution is 0.0956. The van der Waals surface area contributed by atoms with Gasteiger partial charge >= 0.3 is 0 Å². The van der Waals surface area contributed by atoms with Crippen molar-refractivity contribution in [3.63, 3.8) is 0 Å². The number of H-pyrrole nitrogens is 1. The lowest BCUT2D eigenvalue weighted by Gasteiger charge is -2.10. The van der Waals surface area contributed by atoms with E-state index in [1.807, 2.05) is 54.7 Å². The Bertz CT molecular complexity index is 1390. The van der Waals surface area contributed by atoms with Crippen molar-refractivity contribution in [1.29, 1.82) is 0 Å². The molecule has 5 rings (SSSR count). The van der Waals surface area contributed by atoms with Gasteiger partial charge in [0.15, 0.2) is 0 Å². The zero-order valence-electron chi connectivity index (χ0n) is 17.2. The van der Waals surface area contributed by atoms with Crippen LogP contribution in [0.25, 0.3) is 33.2 Å². The zero-order valence-corrected chi connectivity index (χ0v) is 17.2. The molecule has 3 heterocycles. The number of aryl methyl sites for hydroxylation is 1. The number of fused-ring (bicyclic) bond motifs is 2. The quantitative estimate of drug-likeness (QED) is 0.429. The van der Waals surface area contributed by atoms with Crippen molar-refractivity contribution in [3.8, 4) is 11.4 Å². The van der Waals surface area contributed by atoms with Gasteiger partial charge in [-0.25, -0.2) is 4.98 Å². The molecule has 0 bridgehead atoms. The van der Waals surface area contributed by atoms with E-state index in [1.54, 1.807) is 6.20 Å². The standard InChI is InChI=1S/C26H22N4O/c1-17-9-10-22-20(14-17)18(16-29-22)11-13-28-26(31)21-15-25(24-8-4-5-12-27-24)30-23-7-3-2-6-19(21)23/h2-10,12,14-16,29H,11,13H2,1H3,(H,28,31). The van der Waals surface area contributed by atoms with Crippen LogP contribution in [0.5, 0.6) is 0 Å². The highest BCUT2D eigenvalue weighted by Gasteiger charge is 2.14. The average Bonchev–Trinajstić information content (AvgIpc) is 3.20. The predicted molar refractivity (Wildman–Crippen MR) is 124 cm³/mol. The largest absolute Gasteiger partial charge is 0.361 e. The van der Waals surface area contributed by atoms with E-state index in [0.29, 0.717) is 17.8 Å². The van der Waals surface area contributed by atoms with Gasteiger partial charge in [0.2, 0.25) is 0 Å². The number of nitrogens with zero attached hydrogens (tertiary/aromatic N) is 2. The van der Waals surface area contributed by atoms with Gasteiger partial charge in [0.25, 0.3) is 5.91 Å². The molecule has 0 aliphatic heterocycles. The molecule has 3 aromatic heterocycles. The van der Waals surface area contributed by atoms with Gasteiger partial charge in [0.1, 0.15) is 0 Å². The third-order valence-corrected chi connectivity index (χ3v) is 5.49. The molecule has 1 amide bonds. The highest BCUT2D eigenvalue weighted by atomic mass is 16.1. The lowest BCUT2D eigenvalue weighted by atomic mass is 10.0. The van der Waals surface area contributed by atoms with Crippen molar-refractivity contribution >= 4 is 27.7 Å². The number of para-hydroxylation sites is 1. The number of carbonyl (C=O) groups is 1. The minimum absolute atomic E-state index is 0.105. The second-order valence-corrected chi connectivity index (χ2v) is 7.66. The summed E-state index contributed by atoms with van der Waals surface area (Å²) < 4.78 is 0. The van der Waals surface area contributed by atoms with Crippen LogP contribution in [-0.2, 0) is 6.42 Å². The summed E-state index contributed by atoms with van der Waals surface area (Å²) in [5.74, 6) is -0.105. The second-order valence-electron chi connectivity index (χ2n) is 7.66. The van der Waals surface area contributed by atoms with E-state index in [2.05, 4.69) is 40.4 Å². The molecule has 5 nitrogen and oxygen atoms in total. The van der Waals surface area contributed by atoms with Gasteiger partial charge in [-0.15, -0.1) is 0 Å². The van der Waals surface area contributed by atoms with E-state index in [1.165, 1.54) is 16.5 Å². The smallest absolute Gasteiger partial charge is 0.252 e. The molecule has 0 saturated carbocycles. The van der Waals surface area contributed by atoms with Crippen LogP contribution in [0.2, 0.25) is 0 Å². The molecular formula is C26H22N4O. The summed E-state index contributed by atoms with van der Waals surface area (Å²) in [7, 11) is 0. The second kappa shape index (κ2) is 8.03. The Morgan fingerprint density at radius 1 is 0.968 bits per heavy atom. The first-order valence-electron chi connectivity index (χ1n) is 10.3. The molecule has 0 radical (unpaired) electrons. The van der Waals surface area contributed by atoms with Crippen molar-refractivity contribution in [2.24, 2.45) is 0 Å². The van der Waals surface area contributed by atoms with Gasteiger partial charge in [0, 0.05) is 35.2 Å².